The van der Waals surface area contributed by atoms with Crippen LogP contribution in [0.25, 0.3) is 0 Å². The molecular formula is C21H35NO3. The fourth-order valence-corrected chi connectivity index (χ4v) is 3.42. The van der Waals surface area contributed by atoms with Crippen molar-refractivity contribution in [1.82, 2.24) is 4.90 Å². The first-order chi connectivity index (χ1) is 11.6. The number of hydrogen-bond donors (Lipinski definition) is 1. The molecule has 0 bridgehead atoms. The topological polar surface area (TPSA) is 57.6 Å². The molecule has 4 unspecified atom stereocenters. The smallest absolute Gasteiger partial charge is 0.201 e. The minimum Gasteiger partial charge on any atom is -0.379 e. The monoisotopic (exact) mass is 349 g/mol. The van der Waals surface area contributed by atoms with Crippen molar-refractivity contribution in [3.63, 3.8) is 0 Å². The van der Waals surface area contributed by atoms with Crippen LogP contribution in [-0.2, 0) is 9.59 Å². The summed E-state index contributed by atoms with van der Waals surface area (Å²) in [7, 11) is 0. The highest BCUT2D eigenvalue weighted by molar-refractivity contribution is 6.23. The zero-order valence-corrected chi connectivity index (χ0v) is 16.9. The summed E-state index contributed by atoms with van der Waals surface area (Å²) in [5.74, 6) is 0.110. The van der Waals surface area contributed by atoms with Gasteiger partial charge in [-0.2, -0.15) is 0 Å². The second kappa shape index (κ2) is 8.79. The van der Waals surface area contributed by atoms with Gasteiger partial charge < -0.3 is 10.0 Å². The predicted octanol–water partition coefficient (Wildman–Crippen LogP) is 3.89. The van der Waals surface area contributed by atoms with Crippen LogP contribution in [0.4, 0.5) is 0 Å². The second-order valence-electron chi connectivity index (χ2n) is 7.71. The Hall–Kier alpha value is -1.42. The second-order valence-corrected chi connectivity index (χ2v) is 7.71. The van der Waals surface area contributed by atoms with Crippen molar-refractivity contribution in [2.24, 2.45) is 11.8 Å². The summed E-state index contributed by atoms with van der Waals surface area (Å²) in [5.41, 5.74) is -0.491. The van der Waals surface area contributed by atoms with Crippen molar-refractivity contribution < 1.29 is 14.7 Å². The normalized spacial score (nSPS) is 27.1. The SMILES string of the molecule is CCC(=O)C1=CN(CC(C)CC)C(/C(C)=C/C(C)CC)C(C)(O)C1=O. The lowest BCUT2D eigenvalue weighted by Crippen LogP contribution is -2.59. The molecule has 0 saturated heterocycles. The average molecular weight is 350 g/mol. The molecule has 1 heterocycles. The van der Waals surface area contributed by atoms with Gasteiger partial charge in [-0.25, -0.2) is 0 Å². The van der Waals surface area contributed by atoms with E-state index in [1.807, 2.05) is 11.8 Å². The Morgan fingerprint density at radius 2 is 1.92 bits per heavy atom. The molecule has 25 heavy (non-hydrogen) atoms. The van der Waals surface area contributed by atoms with Gasteiger partial charge in [-0.3, -0.25) is 9.59 Å². The molecule has 0 amide bonds. The van der Waals surface area contributed by atoms with E-state index in [2.05, 4.69) is 33.8 Å². The number of Topliss-reactive ketones (excluding diaryl/α,β-unsaturated/α-hetero) is 2. The third kappa shape index (κ3) is 4.81. The Labute approximate surface area is 153 Å². The minimum absolute atomic E-state index is 0.128. The zero-order chi connectivity index (χ0) is 19.4. The fourth-order valence-electron chi connectivity index (χ4n) is 3.42. The number of carbonyl (C=O) groups excluding carboxylic acids is 2. The van der Waals surface area contributed by atoms with Crippen molar-refractivity contribution >= 4 is 11.6 Å². The van der Waals surface area contributed by atoms with E-state index >= 15 is 0 Å². The highest BCUT2D eigenvalue weighted by Gasteiger charge is 2.48. The van der Waals surface area contributed by atoms with Gasteiger partial charge in [0.25, 0.3) is 0 Å². The molecule has 0 fully saturated rings. The van der Waals surface area contributed by atoms with E-state index in [9.17, 15) is 14.7 Å². The molecule has 0 aromatic heterocycles. The summed E-state index contributed by atoms with van der Waals surface area (Å²) in [5, 5.41) is 11.1. The van der Waals surface area contributed by atoms with Crippen LogP contribution in [0.5, 0.6) is 0 Å². The van der Waals surface area contributed by atoms with Gasteiger partial charge in [0.15, 0.2) is 5.78 Å². The van der Waals surface area contributed by atoms with E-state index < -0.39 is 17.4 Å². The van der Waals surface area contributed by atoms with Crippen molar-refractivity contribution in [2.75, 3.05) is 6.54 Å². The lowest BCUT2D eigenvalue weighted by atomic mass is 9.78. The molecule has 0 aliphatic carbocycles. The third-order valence-corrected chi connectivity index (χ3v) is 5.33. The molecule has 0 radical (unpaired) electrons. The molecule has 4 atom stereocenters. The molecule has 0 saturated carbocycles. The maximum atomic E-state index is 12.8. The first-order valence-corrected chi connectivity index (χ1v) is 9.56. The van der Waals surface area contributed by atoms with E-state index in [4.69, 9.17) is 0 Å². The number of hydrogen-bond acceptors (Lipinski definition) is 4. The summed E-state index contributed by atoms with van der Waals surface area (Å²) >= 11 is 0. The van der Waals surface area contributed by atoms with Gasteiger partial charge in [0.1, 0.15) is 5.60 Å². The summed E-state index contributed by atoms with van der Waals surface area (Å²) < 4.78 is 0. The van der Waals surface area contributed by atoms with Crippen molar-refractivity contribution in [1.29, 1.82) is 0 Å². The lowest BCUT2D eigenvalue weighted by molar-refractivity contribution is -0.140. The summed E-state index contributed by atoms with van der Waals surface area (Å²) in [6.07, 6.45) is 6.09. The van der Waals surface area contributed by atoms with Crippen LogP contribution in [0.2, 0.25) is 0 Å². The number of allylic oxidation sites excluding steroid dienone is 1. The third-order valence-electron chi connectivity index (χ3n) is 5.33. The fraction of sp³-hybridized carbons (Fsp3) is 0.714. The molecule has 142 valence electrons. The lowest BCUT2D eigenvalue weighted by Gasteiger charge is -2.45. The van der Waals surface area contributed by atoms with E-state index in [0.29, 0.717) is 18.4 Å². The highest BCUT2D eigenvalue weighted by atomic mass is 16.3. The van der Waals surface area contributed by atoms with E-state index in [1.54, 1.807) is 20.0 Å². The van der Waals surface area contributed by atoms with Gasteiger partial charge in [-0.05, 0) is 25.7 Å². The van der Waals surface area contributed by atoms with E-state index in [-0.39, 0.29) is 17.8 Å². The van der Waals surface area contributed by atoms with Crippen LogP contribution >= 0.6 is 0 Å². The van der Waals surface area contributed by atoms with Crippen LogP contribution in [-0.4, -0.2) is 39.8 Å². The molecule has 1 N–H and O–H groups in total. The first-order valence-electron chi connectivity index (χ1n) is 9.56. The van der Waals surface area contributed by atoms with Gasteiger partial charge >= 0.3 is 0 Å². The molecule has 0 spiro atoms. The van der Waals surface area contributed by atoms with Crippen LogP contribution < -0.4 is 0 Å². The Kier molecular flexibility index (Phi) is 7.61. The number of ketones is 2. The van der Waals surface area contributed by atoms with Crippen LogP contribution in [0.3, 0.4) is 0 Å². The van der Waals surface area contributed by atoms with E-state index in [1.165, 1.54) is 0 Å². The van der Waals surface area contributed by atoms with Gasteiger partial charge in [0.2, 0.25) is 5.78 Å². The van der Waals surface area contributed by atoms with Gasteiger partial charge in [-0.1, -0.05) is 59.1 Å². The Balaban J connectivity index is 3.43. The molecule has 1 aliphatic rings. The van der Waals surface area contributed by atoms with Crippen molar-refractivity contribution in [2.45, 2.75) is 79.4 Å². The van der Waals surface area contributed by atoms with Crippen LogP contribution in [0, 0.1) is 11.8 Å². The minimum atomic E-state index is -1.60. The average Bonchev–Trinajstić information content (AvgIpc) is 2.56. The first kappa shape index (κ1) is 21.6. The molecule has 4 nitrogen and oxygen atoms in total. The molecule has 4 heteroatoms. The summed E-state index contributed by atoms with van der Waals surface area (Å²) in [6.45, 7) is 14.5. The Morgan fingerprint density at radius 1 is 1.32 bits per heavy atom. The molecule has 0 aromatic carbocycles. The Morgan fingerprint density at radius 3 is 2.40 bits per heavy atom. The highest BCUT2D eigenvalue weighted by Crippen LogP contribution is 2.34. The van der Waals surface area contributed by atoms with Gasteiger partial charge in [-0.15, -0.1) is 0 Å². The summed E-state index contributed by atoms with van der Waals surface area (Å²) in [4.78, 5) is 27.1. The quantitative estimate of drug-likeness (QED) is 0.533. The summed E-state index contributed by atoms with van der Waals surface area (Å²) in [6, 6.07) is -0.434. The number of rotatable bonds is 8. The largest absolute Gasteiger partial charge is 0.379 e. The number of aliphatic hydroxyl groups is 1. The van der Waals surface area contributed by atoms with E-state index in [0.717, 1.165) is 18.4 Å². The predicted molar refractivity (Wildman–Crippen MR) is 102 cm³/mol. The van der Waals surface area contributed by atoms with Gasteiger partial charge in [0.05, 0.1) is 11.6 Å². The maximum Gasteiger partial charge on any atom is 0.201 e. The molecule has 1 aliphatic heterocycles. The van der Waals surface area contributed by atoms with Gasteiger partial charge in [0, 0.05) is 19.2 Å². The van der Waals surface area contributed by atoms with Crippen LogP contribution in [0.15, 0.2) is 23.4 Å². The standard InChI is InChI=1S/C21H35NO3/c1-8-14(4)11-16(6)19-21(7,25)20(24)17(18(23)10-3)13-22(19)12-15(5)9-2/h11,13-15,19,25H,8-10,12H2,1-7H3/b16-11+. The molecular weight excluding hydrogens is 314 g/mol. The maximum absolute atomic E-state index is 12.8. The van der Waals surface area contributed by atoms with Crippen molar-refractivity contribution in [3.05, 3.63) is 23.4 Å². The van der Waals surface area contributed by atoms with Crippen molar-refractivity contribution in [3.8, 4) is 0 Å². The molecule has 1 rings (SSSR count). The number of carbonyl (C=O) groups is 2. The van der Waals surface area contributed by atoms with Crippen LogP contribution in [0.1, 0.15) is 67.7 Å². The molecule has 0 aromatic rings. The Bertz CT molecular complexity index is 559. The number of nitrogens with zero attached hydrogens (tertiary/aromatic N) is 1. The zero-order valence-electron chi connectivity index (χ0n) is 16.9.